The molecule has 0 saturated heterocycles. The Balaban J connectivity index is 1.55. The second kappa shape index (κ2) is 7.91. The summed E-state index contributed by atoms with van der Waals surface area (Å²) in [4.78, 5) is 28.8. The molecule has 31 heavy (non-hydrogen) atoms. The average molecular weight is 412 g/mol. The summed E-state index contributed by atoms with van der Waals surface area (Å²) in [6.45, 7) is 3.14. The minimum atomic E-state index is -0.484. The van der Waals surface area contributed by atoms with Crippen LogP contribution in [0.15, 0.2) is 72.8 Å². The molecule has 2 aliphatic rings. The van der Waals surface area contributed by atoms with E-state index in [-0.39, 0.29) is 17.9 Å². The zero-order valence-corrected chi connectivity index (χ0v) is 17.4. The van der Waals surface area contributed by atoms with Gasteiger partial charge in [0, 0.05) is 17.8 Å². The second-order valence-corrected chi connectivity index (χ2v) is 7.90. The molecule has 0 aliphatic carbocycles. The number of nitrogens with one attached hydrogen (secondary N) is 1. The average Bonchev–Trinajstić information content (AvgIpc) is 2.80. The fourth-order valence-electron chi connectivity index (χ4n) is 4.78. The van der Waals surface area contributed by atoms with Crippen molar-refractivity contribution in [3.63, 3.8) is 0 Å². The number of carbonyl (C=O) groups is 2. The lowest BCUT2D eigenvalue weighted by atomic mass is 9.76. The molecule has 2 aliphatic heterocycles. The second-order valence-electron chi connectivity index (χ2n) is 7.90. The van der Waals surface area contributed by atoms with Gasteiger partial charge in [0.1, 0.15) is 5.75 Å². The molecule has 5 nitrogen and oxygen atoms in total. The van der Waals surface area contributed by atoms with Crippen LogP contribution in [0.5, 0.6) is 5.75 Å². The van der Waals surface area contributed by atoms with Gasteiger partial charge in [-0.25, -0.2) is 0 Å². The highest BCUT2D eigenvalue weighted by Crippen LogP contribution is 2.46. The van der Waals surface area contributed by atoms with E-state index in [0.29, 0.717) is 24.4 Å². The Kier molecular flexibility index (Phi) is 4.94. The van der Waals surface area contributed by atoms with Gasteiger partial charge >= 0.3 is 0 Å². The van der Waals surface area contributed by atoms with Crippen LogP contribution in [0.25, 0.3) is 0 Å². The predicted molar refractivity (Wildman–Crippen MR) is 119 cm³/mol. The van der Waals surface area contributed by atoms with Gasteiger partial charge in [0.15, 0.2) is 0 Å². The molecule has 0 spiro atoms. The topological polar surface area (TPSA) is 58.6 Å². The number of rotatable bonds is 4. The summed E-state index contributed by atoms with van der Waals surface area (Å²) in [7, 11) is 0. The lowest BCUT2D eigenvalue weighted by Gasteiger charge is -2.45. The molecule has 0 saturated carbocycles. The molecule has 5 heteroatoms. The zero-order chi connectivity index (χ0) is 21.4. The first-order chi connectivity index (χ1) is 15.2. The lowest BCUT2D eigenvalue weighted by molar-refractivity contribution is -0.119. The molecule has 0 bridgehead atoms. The molecular weight excluding hydrogens is 388 g/mol. The van der Waals surface area contributed by atoms with Gasteiger partial charge in [-0.05, 0) is 60.4 Å². The van der Waals surface area contributed by atoms with E-state index in [4.69, 9.17) is 4.74 Å². The Morgan fingerprint density at radius 2 is 1.71 bits per heavy atom. The summed E-state index contributed by atoms with van der Waals surface area (Å²) in [6.07, 6.45) is 0.799. The van der Waals surface area contributed by atoms with Crippen LogP contribution < -0.4 is 10.1 Å². The third-order valence-electron chi connectivity index (χ3n) is 6.15. The van der Waals surface area contributed by atoms with Crippen molar-refractivity contribution in [2.24, 2.45) is 0 Å². The molecule has 2 atom stereocenters. The number of carbonyl (C=O) groups excluding carboxylic acids is 2. The summed E-state index contributed by atoms with van der Waals surface area (Å²) in [6, 6.07) is 22.7. The van der Waals surface area contributed by atoms with Crippen molar-refractivity contribution in [2.75, 3.05) is 18.5 Å². The summed E-state index contributed by atoms with van der Waals surface area (Å²) in [5.41, 5.74) is 4.37. The highest BCUT2D eigenvalue weighted by molar-refractivity contribution is 6.04. The Morgan fingerprint density at radius 3 is 2.48 bits per heavy atom. The third-order valence-corrected chi connectivity index (χ3v) is 6.15. The fraction of sp³-hybridized carbons (Fsp3) is 0.231. The largest absolute Gasteiger partial charge is 0.494 e. The Labute approximate surface area is 181 Å². The number of ether oxygens (including phenoxy) is 1. The maximum absolute atomic E-state index is 13.6. The molecule has 0 aromatic heterocycles. The van der Waals surface area contributed by atoms with Gasteiger partial charge in [-0.15, -0.1) is 0 Å². The standard InChI is InChI=1S/C26H24N2O3/c1-2-31-19-13-11-18(12-14-19)27-25(29)23-21-9-5-6-10-22(21)26(30)28-16-15-17-7-3-4-8-20(17)24(23)28/h3-14,23-24H,2,15-16H2,1H3,(H,27,29)/t23-,24+/m1/s1. The smallest absolute Gasteiger partial charge is 0.254 e. The fourth-order valence-corrected chi connectivity index (χ4v) is 4.78. The third kappa shape index (κ3) is 3.36. The minimum Gasteiger partial charge on any atom is -0.494 e. The molecule has 0 radical (unpaired) electrons. The molecule has 2 amide bonds. The number of nitrogens with zero attached hydrogens (tertiary/aromatic N) is 1. The summed E-state index contributed by atoms with van der Waals surface area (Å²) >= 11 is 0. The zero-order valence-electron chi connectivity index (χ0n) is 17.4. The van der Waals surface area contributed by atoms with Crippen LogP contribution in [0.4, 0.5) is 5.69 Å². The number of fused-ring (bicyclic) bond motifs is 4. The van der Waals surface area contributed by atoms with Crippen LogP contribution in [-0.4, -0.2) is 29.9 Å². The van der Waals surface area contributed by atoms with Gasteiger partial charge in [-0.1, -0.05) is 42.5 Å². The van der Waals surface area contributed by atoms with Gasteiger partial charge in [0.05, 0.1) is 18.6 Å². The predicted octanol–water partition coefficient (Wildman–Crippen LogP) is 4.56. The monoisotopic (exact) mass is 412 g/mol. The van der Waals surface area contributed by atoms with Crippen molar-refractivity contribution in [2.45, 2.75) is 25.3 Å². The highest BCUT2D eigenvalue weighted by atomic mass is 16.5. The van der Waals surface area contributed by atoms with Crippen molar-refractivity contribution in [1.29, 1.82) is 0 Å². The van der Waals surface area contributed by atoms with Crippen LogP contribution in [0, 0.1) is 0 Å². The van der Waals surface area contributed by atoms with E-state index in [9.17, 15) is 9.59 Å². The first kappa shape index (κ1) is 19.4. The maximum atomic E-state index is 13.6. The van der Waals surface area contributed by atoms with E-state index in [1.54, 1.807) is 0 Å². The lowest BCUT2D eigenvalue weighted by Crippen LogP contribution is -2.49. The van der Waals surface area contributed by atoms with E-state index in [1.165, 1.54) is 5.56 Å². The van der Waals surface area contributed by atoms with Crippen molar-refractivity contribution in [1.82, 2.24) is 4.90 Å². The Morgan fingerprint density at radius 1 is 1.00 bits per heavy atom. The van der Waals surface area contributed by atoms with E-state index in [0.717, 1.165) is 23.3 Å². The van der Waals surface area contributed by atoms with Crippen molar-refractivity contribution < 1.29 is 14.3 Å². The summed E-state index contributed by atoms with van der Waals surface area (Å²) in [5, 5.41) is 3.07. The SMILES string of the molecule is CCOc1ccc(NC(=O)[C@@H]2c3ccccc3C(=O)N3CCc4ccccc4[C@@H]23)cc1. The van der Waals surface area contributed by atoms with Crippen LogP contribution in [0.2, 0.25) is 0 Å². The number of amides is 2. The van der Waals surface area contributed by atoms with Crippen LogP contribution >= 0.6 is 0 Å². The van der Waals surface area contributed by atoms with Gasteiger partial charge in [-0.3, -0.25) is 9.59 Å². The molecule has 0 fully saturated rings. The molecule has 5 rings (SSSR count). The highest BCUT2D eigenvalue weighted by Gasteiger charge is 2.46. The first-order valence-electron chi connectivity index (χ1n) is 10.7. The van der Waals surface area contributed by atoms with E-state index in [2.05, 4.69) is 11.4 Å². The number of benzene rings is 3. The summed E-state index contributed by atoms with van der Waals surface area (Å²) < 4.78 is 5.49. The normalized spacial score (nSPS) is 19.1. The molecular formula is C26H24N2O3. The minimum absolute atomic E-state index is 0.000204. The van der Waals surface area contributed by atoms with Crippen molar-refractivity contribution in [3.8, 4) is 5.75 Å². The molecule has 3 aromatic rings. The molecule has 3 aromatic carbocycles. The maximum Gasteiger partial charge on any atom is 0.254 e. The van der Waals surface area contributed by atoms with Gasteiger partial charge in [0.25, 0.3) is 5.91 Å². The Hall–Kier alpha value is -3.60. The first-order valence-corrected chi connectivity index (χ1v) is 10.7. The molecule has 2 heterocycles. The molecule has 0 unspecified atom stereocenters. The van der Waals surface area contributed by atoms with Crippen molar-refractivity contribution >= 4 is 17.5 Å². The van der Waals surface area contributed by atoms with Crippen molar-refractivity contribution in [3.05, 3.63) is 95.1 Å². The Bertz CT molecular complexity index is 1140. The van der Waals surface area contributed by atoms with E-state index >= 15 is 0 Å². The summed E-state index contributed by atoms with van der Waals surface area (Å²) in [5.74, 6) is 0.166. The van der Waals surface area contributed by atoms with E-state index in [1.807, 2.05) is 78.6 Å². The van der Waals surface area contributed by atoms with Gasteiger partial charge in [0.2, 0.25) is 5.91 Å². The molecule has 1 N–H and O–H groups in total. The quantitative estimate of drug-likeness (QED) is 0.683. The van der Waals surface area contributed by atoms with Crippen LogP contribution in [0.3, 0.4) is 0 Å². The number of anilines is 1. The van der Waals surface area contributed by atoms with Crippen LogP contribution in [-0.2, 0) is 11.2 Å². The van der Waals surface area contributed by atoms with Crippen LogP contribution in [0.1, 0.15) is 45.9 Å². The van der Waals surface area contributed by atoms with Gasteiger partial charge < -0.3 is 15.0 Å². The van der Waals surface area contributed by atoms with Gasteiger partial charge in [-0.2, -0.15) is 0 Å². The number of hydrogen-bond donors (Lipinski definition) is 1. The van der Waals surface area contributed by atoms with E-state index < -0.39 is 5.92 Å². The number of hydrogen-bond acceptors (Lipinski definition) is 3. The molecule has 156 valence electrons.